The summed E-state index contributed by atoms with van der Waals surface area (Å²) in [6, 6.07) is 7.32. The molecule has 2 N–H and O–H groups in total. The fourth-order valence-electron chi connectivity index (χ4n) is 2.93. The first-order valence-corrected chi connectivity index (χ1v) is 7.36. The van der Waals surface area contributed by atoms with Crippen molar-refractivity contribution in [1.82, 2.24) is 4.90 Å². The lowest BCUT2D eigenvalue weighted by Crippen LogP contribution is -2.42. The normalized spacial score (nSPS) is 17.0. The first-order chi connectivity index (χ1) is 10.0. The lowest BCUT2D eigenvalue weighted by Gasteiger charge is -2.28. The predicted molar refractivity (Wildman–Crippen MR) is 82.5 cm³/mol. The van der Waals surface area contributed by atoms with Crippen LogP contribution in [0, 0.1) is 0 Å². The van der Waals surface area contributed by atoms with Gasteiger partial charge in [-0.2, -0.15) is 0 Å². The molecule has 0 atom stereocenters. The number of nitrogens with one attached hydrogen (secondary N) is 1. The Morgan fingerprint density at radius 1 is 1.38 bits per heavy atom. The van der Waals surface area contributed by atoms with E-state index in [0.29, 0.717) is 18.0 Å². The van der Waals surface area contributed by atoms with Gasteiger partial charge in [-0.3, -0.25) is 9.69 Å². The number of benzene rings is 1. The van der Waals surface area contributed by atoms with Crippen LogP contribution in [0.2, 0.25) is 0 Å². The summed E-state index contributed by atoms with van der Waals surface area (Å²) in [6.07, 6.45) is 3.78. The fourth-order valence-corrected chi connectivity index (χ4v) is 2.93. The van der Waals surface area contributed by atoms with Gasteiger partial charge in [0, 0.05) is 6.54 Å². The molecule has 0 unspecified atom stereocenters. The van der Waals surface area contributed by atoms with Gasteiger partial charge in [0.2, 0.25) is 5.91 Å². The lowest BCUT2D eigenvalue weighted by molar-refractivity contribution is -0.117. The Morgan fingerprint density at radius 2 is 2.05 bits per heavy atom. The van der Waals surface area contributed by atoms with E-state index in [2.05, 4.69) is 5.32 Å². The number of ether oxygens (including phenoxy) is 1. The maximum atomic E-state index is 12.1. The SMILES string of the molecule is COc1ccccc1NC(=O)CN(C)CC1(O)CCCC1. The molecule has 1 amide bonds. The molecular weight excluding hydrogens is 268 g/mol. The van der Waals surface area contributed by atoms with E-state index in [1.54, 1.807) is 19.2 Å². The zero-order valence-electron chi connectivity index (χ0n) is 12.8. The van der Waals surface area contributed by atoms with Crippen molar-refractivity contribution in [3.05, 3.63) is 24.3 Å². The molecule has 0 spiro atoms. The van der Waals surface area contributed by atoms with E-state index in [4.69, 9.17) is 4.74 Å². The third kappa shape index (κ3) is 4.44. The maximum Gasteiger partial charge on any atom is 0.238 e. The summed E-state index contributed by atoms with van der Waals surface area (Å²) >= 11 is 0. The van der Waals surface area contributed by atoms with E-state index in [9.17, 15) is 9.90 Å². The van der Waals surface area contributed by atoms with Gasteiger partial charge in [-0.1, -0.05) is 25.0 Å². The lowest BCUT2D eigenvalue weighted by atomic mass is 10.0. The molecule has 5 heteroatoms. The molecule has 5 nitrogen and oxygen atoms in total. The second-order valence-electron chi connectivity index (χ2n) is 5.85. The Morgan fingerprint density at radius 3 is 2.71 bits per heavy atom. The second kappa shape index (κ2) is 6.91. The van der Waals surface area contributed by atoms with E-state index in [0.717, 1.165) is 25.7 Å². The van der Waals surface area contributed by atoms with Crippen LogP contribution in [-0.4, -0.2) is 48.8 Å². The van der Waals surface area contributed by atoms with Crippen LogP contribution in [-0.2, 0) is 4.79 Å². The highest BCUT2D eigenvalue weighted by atomic mass is 16.5. The van der Waals surface area contributed by atoms with Crippen molar-refractivity contribution in [2.45, 2.75) is 31.3 Å². The molecule has 0 aliphatic heterocycles. The van der Waals surface area contributed by atoms with Crippen LogP contribution in [0.15, 0.2) is 24.3 Å². The highest BCUT2D eigenvalue weighted by molar-refractivity contribution is 5.93. The zero-order chi connectivity index (χ0) is 15.3. The number of rotatable bonds is 6. The monoisotopic (exact) mass is 292 g/mol. The highest BCUT2D eigenvalue weighted by Gasteiger charge is 2.32. The van der Waals surface area contributed by atoms with Gasteiger partial charge in [-0.25, -0.2) is 0 Å². The third-order valence-electron chi connectivity index (χ3n) is 3.89. The molecule has 1 fully saturated rings. The number of amides is 1. The number of carbonyl (C=O) groups excluding carboxylic acids is 1. The quantitative estimate of drug-likeness (QED) is 0.840. The van der Waals surface area contributed by atoms with Crippen LogP contribution in [0.1, 0.15) is 25.7 Å². The smallest absolute Gasteiger partial charge is 0.238 e. The van der Waals surface area contributed by atoms with E-state index >= 15 is 0 Å². The van der Waals surface area contributed by atoms with Crippen molar-refractivity contribution >= 4 is 11.6 Å². The molecule has 21 heavy (non-hydrogen) atoms. The van der Waals surface area contributed by atoms with Gasteiger partial charge in [0.05, 0.1) is 24.9 Å². The summed E-state index contributed by atoms with van der Waals surface area (Å²) in [4.78, 5) is 14.0. The molecular formula is C16H24N2O3. The minimum Gasteiger partial charge on any atom is -0.495 e. The van der Waals surface area contributed by atoms with Crippen molar-refractivity contribution in [2.75, 3.05) is 32.6 Å². The van der Waals surface area contributed by atoms with Crippen molar-refractivity contribution in [3.8, 4) is 5.75 Å². The van der Waals surface area contributed by atoms with E-state index in [1.165, 1.54) is 0 Å². The maximum absolute atomic E-state index is 12.1. The predicted octanol–water partition coefficient (Wildman–Crippen LogP) is 1.87. The molecule has 0 radical (unpaired) electrons. The van der Waals surface area contributed by atoms with Crippen molar-refractivity contribution < 1.29 is 14.6 Å². The summed E-state index contributed by atoms with van der Waals surface area (Å²) in [7, 11) is 3.44. The van der Waals surface area contributed by atoms with Gasteiger partial charge >= 0.3 is 0 Å². The number of aliphatic hydroxyl groups is 1. The van der Waals surface area contributed by atoms with E-state index in [-0.39, 0.29) is 12.5 Å². The number of para-hydroxylation sites is 2. The first kappa shape index (κ1) is 15.8. The number of methoxy groups -OCH3 is 1. The van der Waals surface area contributed by atoms with Crippen molar-refractivity contribution in [2.24, 2.45) is 0 Å². The molecule has 2 rings (SSSR count). The van der Waals surface area contributed by atoms with Gasteiger partial charge in [0.15, 0.2) is 0 Å². The summed E-state index contributed by atoms with van der Waals surface area (Å²) in [5.74, 6) is 0.534. The Hall–Kier alpha value is -1.59. The largest absolute Gasteiger partial charge is 0.495 e. The van der Waals surface area contributed by atoms with Gasteiger partial charge in [0.25, 0.3) is 0 Å². The topological polar surface area (TPSA) is 61.8 Å². The minimum absolute atomic E-state index is 0.108. The molecule has 0 aromatic heterocycles. The average molecular weight is 292 g/mol. The molecule has 1 aliphatic rings. The number of likely N-dealkylation sites (N-methyl/N-ethyl adjacent to an activating group) is 1. The molecule has 0 saturated heterocycles. The Bertz CT molecular complexity index is 484. The molecule has 0 bridgehead atoms. The van der Waals surface area contributed by atoms with Gasteiger partial charge in [-0.05, 0) is 32.0 Å². The first-order valence-electron chi connectivity index (χ1n) is 7.36. The number of anilines is 1. The highest BCUT2D eigenvalue weighted by Crippen LogP contribution is 2.30. The Labute approximate surface area is 125 Å². The van der Waals surface area contributed by atoms with Crippen LogP contribution in [0.4, 0.5) is 5.69 Å². The third-order valence-corrected chi connectivity index (χ3v) is 3.89. The van der Waals surface area contributed by atoms with Crippen molar-refractivity contribution in [1.29, 1.82) is 0 Å². The molecule has 116 valence electrons. The average Bonchev–Trinajstić information content (AvgIpc) is 2.85. The molecule has 1 saturated carbocycles. The summed E-state index contributed by atoms with van der Waals surface area (Å²) in [5, 5.41) is 13.2. The number of hydrogen-bond donors (Lipinski definition) is 2. The number of hydrogen-bond acceptors (Lipinski definition) is 4. The molecule has 1 aromatic carbocycles. The van der Waals surface area contributed by atoms with Crippen molar-refractivity contribution in [3.63, 3.8) is 0 Å². The van der Waals surface area contributed by atoms with E-state index in [1.807, 2.05) is 24.1 Å². The summed E-state index contributed by atoms with van der Waals surface area (Å²) < 4.78 is 5.21. The second-order valence-corrected chi connectivity index (χ2v) is 5.85. The van der Waals surface area contributed by atoms with Crippen LogP contribution >= 0.6 is 0 Å². The molecule has 1 aliphatic carbocycles. The minimum atomic E-state index is -0.626. The fraction of sp³-hybridized carbons (Fsp3) is 0.562. The Balaban J connectivity index is 1.86. The van der Waals surface area contributed by atoms with Gasteiger partial charge in [0.1, 0.15) is 5.75 Å². The van der Waals surface area contributed by atoms with Crippen LogP contribution in [0.25, 0.3) is 0 Å². The summed E-state index contributed by atoms with van der Waals surface area (Å²) in [6.45, 7) is 0.784. The number of nitrogens with zero attached hydrogens (tertiary/aromatic N) is 1. The van der Waals surface area contributed by atoms with Gasteiger partial charge in [-0.15, -0.1) is 0 Å². The van der Waals surface area contributed by atoms with E-state index < -0.39 is 5.60 Å². The summed E-state index contributed by atoms with van der Waals surface area (Å²) in [5.41, 5.74) is 0.0393. The van der Waals surface area contributed by atoms with Crippen LogP contribution in [0.3, 0.4) is 0 Å². The number of carbonyl (C=O) groups is 1. The van der Waals surface area contributed by atoms with Crippen LogP contribution in [0.5, 0.6) is 5.75 Å². The molecule has 1 aromatic rings. The van der Waals surface area contributed by atoms with Gasteiger partial charge < -0.3 is 15.2 Å². The Kier molecular flexibility index (Phi) is 5.20. The molecule has 0 heterocycles. The standard InChI is InChI=1S/C16H24N2O3/c1-18(12-16(20)9-5-6-10-16)11-15(19)17-13-7-3-4-8-14(13)21-2/h3-4,7-8,20H,5-6,9-12H2,1-2H3,(H,17,19). The zero-order valence-corrected chi connectivity index (χ0v) is 12.8. The van der Waals surface area contributed by atoms with Crippen LogP contribution < -0.4 is 10.1 Å².